The normalized spacial score (nSPS) is 11.5. The van der Waals surface area contributed by atoms with Gasteiger partial charge in [0.1, 0.15) is 0 Å². The predicted molar refractivity (Wildman–Crippen MR) is 72.0 cm³/mol. The minimum absolute atomic E-state index is 0.148. The van der Waals surface area contributed by atoms with Gasteiger partial charge >= 0.3 is 0 Å². The molecule has 0 saturated heterocycles. The fourth-order valence-corrected chi connectivity index (χ4v) is 2.37. The van der Waals surface area contributed by atoms with E-state index in [-0.39, 0.29) is 11.4 Å². The molecule has 0 fully saturated rings. The van der Waals surface area contributed by atoms with Crippen LogP contribution in [0.25, 0.3) is 0 Å². The zero-order valence-electron chi connectivity index (χ0n) is 11.1. The molecule has 0 heterocycles. The van der Waals surface area contributed by atoms with Gasteiger partial charge in [-0.1, -0.05) is 13.8 Å². The molecule has 6 heteroatoms. The molecule has 0 amide bonds. The average molecular weight is 282 g/mol. The highest BCUT2D eigenvalue weighted by Crippen LogP contribution is 2.09. The molecule has 0 aromatic heterocycles. The van der Waals surface area contributed by atoms with Gasteiger partial charge in [-0.2, -0.15) is 5.26 Å². The van der Waals surface area contributed by atoms with E-state index in [0.29, 0.717) is 24.7 Å². The summed E-state index contributed by atoms with van der Waals surface area (Å²) >= 11 is 0. The molecule has 0 aliphatic heterocycles. The van der Waals surface area contributed by atoms with Gasteiger partial charge in [-0.25, -0.2) is 13.1 Å². The number of rotatable bonds is 7. The Balaban J connectivity index is 2.49. The van der Waals surface area contributed by atoms with Gasteiger partial charge in [0.05, 0.1) is 23.1 Å². The van der Waals surface area contributed by atoms with Crippen LogP contribution in [-0.4, -0.2) is 28.2 Å². The molecule has 104 valence electrons. The van der Waals surface area contributed by atoms with Gasteiger partial charge in [0.15, 0.2) is 0 Å². The third-order valence-corrected chi connectivity index (χ3v) is 3.76. The van der Waals surface area contributed by atoms with Crippen LogP contribution in [0.2, 0.25) is 0 Å². The molecule has 0 radical (unpaired) electrons. The van der Waals surface area contributed by atoms with Gasteiger partial charge in [0.25, 0.3) is 0 Å². The molecule has 0 saturated carbocycles. The Kier molecular flexibility index (Phi) is 5.96. The summed E-state index contributed by atoms with van der Waals surface area (Å²) in [6.07, 6.45) is 0. The zero-order valence-corrected chi connectivity index (χ0v) is 11.9. The summed E-state index contributed by atoms with van der Waals surface area (Å²) in [6.45, 7) is 5.24. The Bertz CT molecular complexity index is 530. The summed E-state index contributed by atoms with van der Waals surface area (Å²) in [5.74, 6) is 0.426. The fraction of sp³-hybridized carbons (Fsp3) is 0.462. The fourth-order valence-electron chi connectivity index (χ4n) is 1.36. The first-order valence-electron chi connectivity index (χ1n) is 6.03. The Morgan fingerprint density at radius 1 is 1.32 bits per heavy atom. The topological polar surface area (TPSA) is 79.2 Å². The van der Waals surface area contributed by atoms with Crippen molar-refractivity contribution in [2.75, 3.05) is 19.8 Å². The molecule has 0 unspecified atom stereocenters. The van der Waals surface area contributed by atoms with Crippen LogP contribution in [0, 0.1) is 17.2 Å². The first-order chi connectivity index (χ1) is 8.95. The van der Waals surface area contributed by atoms with Crippen molar-refractivity contribution in [3.63, 3.8) is 0 Å². The first kappa shape index (κ1) is 15.6. The Hall–Kier alpha value is -1.42. The van der Waals surface area contributed by atoms with Crippen LogP contribution >= 0.6 is 0 Å². The van der Waals surface area contributed by atoms with Crippen molar-refractivity contribution in [2.24, 2.45) is 5.92 Å². The maximum Gasteiger partial charge on any atom is 0.240 e. The molecule has 19 heavy (non-hydrogen) atoms. The minimum Gasteiger partial charge on any atom is -0.380 e. The van der Waals surface area contributed by atoms with Crippen molar-refractivity contribution in [2.45, 2.75) is 18.7 Å². The van der Waals surface area contributed by atoms with Gasteiger partial charge < -0.3 is 4.74 Å². The number of hydrogen-bond donors (Lipinski definition) is 1. The second-order valence-electron chi connectivity index (χ2n) is 4.50. The number of nitrogens with zero attached hydrogens (tertiary/aromatic N) is 1. The zero-order chi connectivity index (χ0) is 14.3. The third-order valence-electron chi connectivity index (χ3n) is 2.28. The van der Waals surface area contributed by atoms with Gasteiger partial charge in [-0.15, -0.1) is 0 Å². The van der Waals surface area contributed by atoms with Crippen molar-refractivity contribution in [3.8, 4) is 6.07 Å². The first-order valence-corrected chi connectivity index (χ1v) is 7.51. The molecule has 1 aromatic carbocycles. The largest absolute Gasteiger partial charge is 0.380 e. The van der Waals surface area contributed by atoms with Crippen molar-refractivity contribution in [3.05, 3.63) is 29.8 Å². The monoisotopic (exact) mass is 282 g/mol. The summed E-state index contributed by atoms with van der Waals surface area (Å²) < 4.78 is 31.5. The summed E-state index contributed by atoms with van der Waals surface area (Å²) in [7, 11) is -3.53. The second-order valence-corrected chi connectivity index (χ2v) is 6.27. The number of nitriles is 1. The Morgan fingerprint density at radius 2 is 1.95 bits per heavy atom. The van der Waals surface area contributed by atoms with Gasteiger partial charge in [-0.05, 0) is 30.2 Å². The maximum absolute atomic E-state index is 11.9. The molecule has 0 spiro atoms. The molecule has 1 aromatic rings. The van der Waals surface area contributed by atoms with Crippen LogP contribution < -0.4 is 4.72 Å². The molecule has 1 rings (SSSR count). The smallest absolute Gasteiger partial charge is 0.240 e. The van der Waals surface area contributed by atoms with Gasteiger partial charge in [0, 0.05) is 13.2 Å². The van der Waals surface area contributed by atoms with E-state index < -0.39 is 10.0 Å². The van der Waals surface area contributed by atoms with E-state index in [0.717, 1.165) is 0 Å². The molecular weight excluding hydrogens is 264 g/mol. The lowest BCUT2D eigenvalue weighted by Gasteiger charge is -2.08. The molecule has 0 aliphatic carbocycles. The Labute approximate surface area is 114 Å². The number of benzene rings is 1. The van der Waals surface area contributed by atoms with Crippen LogP contribution in [-0.2, 0) is 14.8 Å². The van der Waals surface area contributed by atoms with Gasteiger partial charge in [-0.3, -0.25) is 0 Å². The van der Waals surface area contributed by atoms with E-state index in [9.17, 15) is 8.42 Å². The Morgan fingerprint density at radius 3 is 2.47 bits per heavy atom. The summed E-state index contributed by atoms with van der Waals surface area (Å²) in [4.78, 5) is 0.148. The number of sulfonamides is 1. The van der Waals surface area contributed by atoms with E-state index in [2.05, 4.69) is 4.72 Å². The minimum atomic E-state index is -3.53. The SMILES string of the molecule is CC(C)COCCNS(=O)(=O)c1ccc(C#N)cc1. The summed E-state index contributed by atoms with van der Waals surface area (Å²) in [5.41, 5.74) is 0.430. The number of hydrogen-bond acceptors (Lipinski definition) is 4. The highest BCUT2D eigenvalue weighted by Gasteiger charge is 2.12. The van der Waals surface area contributed by atoms with Crippen molar-refractivity contribution < 1.29 is 13.2 Å². The molecule has 0 atom stereocenters. The standard InChI is InChI=1S/C13H18N2O3S/c1-11(2)10-18-8-7-15-19(16,17)13-5-3-12(9-14)4-6-13/h3-6,11,15H,7-8,10H2,1-2H3. The lowest BCUT2D eigenvalue weighted by Crippen LogP contribution is -2.27. The van der Waals surface area contributed by atoms with E-state index in [1.165, 1.54) is 24.3 Å². The van der Waals surface area contributed by atoms with E-state index in [1.807, 2.05) is 19.9 Å². The summed E-state index contributed by atoms with van der Waals surface area (Å²) in [6, 6.07) is 7.72. The van der Waals surface area contributed by atoms with E-state index in [4.69, 9.17) is 10.00 Å². The number of nitrogens with one attached hydrogen (secondary N) is 1. The van der Waals surface area contributed by atoms with Crippen molar-refractivity contribution in [1.82, 2.24) is 4.72 Å². The van der Waals surface area contributed by atoms with Crippen molar-refractivity contribution in [1.29, 1.82) is 5.26 Å². The number of ether oxygens (including phenoxy) is 1. The van der Waals surface area contributed by atoms with E-state index >= 15 is 0 Å². The third kappa shape index (κ3) is 5.39. The lowest BCUT2D eigenvalue weighted by molar-refractivity contribution is 0.114. The quantitative estimate of drug-likeness (QED) is 0.769. The molecular formula is C13H18N2O3S. The highest BCUT2D eigenvalue weighted by atomic mass is 32.2. The molecule has 1 N–H and O–H groups in total. The molecule has 0 aliphatic rings. The molecule has 0 bridgehead atoms. The maximum atomic E-state index is 11.9. The average Bonchev–Trinajstić information content (AvgIpc) is 2.38. The van der Waals surface area contributed by atoms with Crippen LogP contribution in [0.3, 0.4) is 0 Å². The van der Waals surface area contributed by atoms with Crippen LogP contribution in [0.15, 0.2) is 29.2 Å². The lowest BCUT2D eigenvalue weighted by atomic mass is 10.2. The van der Waals surface area contributed by atoms with Crippen LogP contribution in [0.4, 0.5) is 0 Å². The van der Waals surface area contributed by atoms with Gasteiger partial charge in [0.2, 0.25) is 10.0 Å². The van der Waals surface area contributed by atoms with Crippen molar-refractivity contribution >= 4 is 10.0 Å². The highest BCUT2D eigenvalue weighted by molar-refractivity contribution is 7.89. The van der Waals surface area contributed by atoms with E-state index in [1.54, 1.807) is 0 Å². The van der Waals surface area contributed by atoms with Crippen LogP contribution in [0.5, 0.6) is 0 Å². The summed E-state index contributed by atoms with van der Waals surface area (Å²) in [5, 5.41) is 8.64. The van der Waals surface area contributed by atoms with Crippen LogP contribution in [0.1, 0.15) is 19.4 Å². The second kappa shape index (κ2) is 7.24. The molecule has 5 nitrogen and oxygen atoms in total. The predicted octanol–water partition coefficient (Wildman–Crippen LogP) is 1.51.